The highest BCUT2D eigenvalue weighted by molar-refractivity contribution is 5.87. The molecule has 1 amide bonds. The minimum absolute atomic E-state index is 0.170. The van der Waals surface area contributed by atoms with Crippen molar-refractivity contribution in [2.24, 2.45) is 0 Å². The Kier molecular flexibility index (Phi) is 3.20. The van der Waals surface area contributed by atoms with E-state index in [9.17, 15) is 14.7 Å². The highest BCUT2D eigenvalue weighted by atomic mass is 16.5. The van der Waals surface area contributed by atoms with Crippen LogP contribution in [0.2, 0.25) is 0 Å². The predicted molar refractivity (Wildman–Crippen MR) is 66.0 cm³/mol. The number of aromatic carboxylic acids is 1. The van der Waals surface area contributed by atoms with E-state index in [0.29, 0.717) is 0 Å². The van der Waals surface area contributed by atoms with Gasteiger partial charge >= 0.3 is 12.1 Å². The van der Waals surface area contributed by atoms with Gasteiger partial charge in [0.25, 0.3) is 0 Å². The number of carbonyl (C=O) groups is 2. The maximum absolute atomic E-state index is 11.3. The monoisotopic (exact) mass is 265 g/mol. The summed E-state index contributed by atoms with van der Waals surface area (Å²) in [5, 5.41) is 18.1. The number of ether oxygens (including phenoxy) is 1. The number of hydrogen-bond donors (Lipinski definition) is 2. The van der Waals surface area contributed by atoms with Crippen LogP contribution in [0, 0.1) is 0 Å². The van der Waals surface area contributed by atoms with Gasteiger partial charge in [0.2, 0.25) is 0 Å². The molecule has 0 aliphatic carbocycles. The molecule has 19 heavy (non-hydrogen) atoms. The van der Waals surface area contributed by atoms with Crippen LogP contribution in [0.25, 0.3) is 0 Å². The molecule has 6 nitrogen and oxygen atoms in total. The fourth-order valence-electron chi connectivity index (χ4n) is 2.26. The van der Waals surface area contributed by atoms with Gasteiger partial charge in [-0.2, -0.15) is 0 Å². The maximum Gasteiger partial charge on any atom is 0.410 e. The second-order valence-electron chi connectivity index (χ2n) is 4.85. The smallest absolute Gasteiger partial charge is 0.410 e. The molecular weight excluding hydrogens is 250 g/mol. The first-order chi connectivity index (χ1) is 8.83. The van der Waals surface area contributed by atoms with Crippen molar-refractivity contribution in [2.45, 2.75) is 25.6 Å². The second kappa shape index (κ2) is 4.55. The molecule has 1 aliphatic heterocycles. The Balaban J connectivity index is 2.31. The Morgan fingerprint density at radius 1 is 1.26 bits per heavy atom. The Hall–Kier alpha value is -2.08. The fraction of sp³-hybridized carbons (Fsp3) is 0.385. The van der Waals surface area contributed by atoms with Crippen LogP contribution in [0.15, 0.2) is 24.3 Å². The van der Waals surface area contributed by atoms with Crippen LogP contribution in [0.1, 0.15) is 35.8 Å². The zero-order valence-corrected chi connectivity index (χ0v) is 10.7. The largest absolute Gasteiger partial charge is 0.478 e. The van der Waals surface area contributed by atoms with Gasteiger partial charge in [-0.05, 0) is 31.5 Å². The molecule has 0 aromatic heterocycles. The summed E-state index contributed by atoms with van der Waals surface area (Å²) in [5.74, 6) is -1.01. The fourth-order valence-corrected chi connectivity index (χ4v) is 2.26. The third-order valence-corrected chi connectivity index (χ3v) is 3.23. The summed E-state index contributed by atoms with van der Waals surface area (Å²) < 4.78 is 5.49. The van der Waals surface area contributed by atoms with Crippen molar-refractivity contribution in [3.05, 3.63) is 35.4 Å². The molecule has 0 spiro atoms. The van der Waals surface area contributed by atoms with E-state index in [-0.39, 0.29) is 12.2 Å². The Morgan fingerprint density at radius 3 is 2.32 bits per heavy atom. The molecule has 1 fully saturated rings. The van der Waals surface area contributed by atoms with Crippen LogP contribution in [-0.2, 0) is 4.74 Å². The Labute approximate surface area is 110 Å². The molecule has 0 radical (unpaired) electrons. The maximum atomic E-state index is 11.3. The minimum Gasteiger partial charge on any atom is -0.478 e. The lowest BCUT2D eigenvalue weighted by Crippen LogP contribution is -2.44. The van der Waals surface area contributed by atoms with Gasteiger partial charge in [-0.3, -0.25) is 4.90 Å². The lowest BCUT2D eigenvalue weighted by Gasteiger charge is -2.31. The van der Waals surface area contributed by atoms with Crippen molar-refractivity contribution >= 4 is 12.1 Å². The van der Waals surface area contributed by atoms with Gasteiger partial charge in [0.05, 0.1) is 18.2 Å². The SMILES string of the molecule is CC1(C)OCC(c2ccc(C(=O)O)cc2)N1C(=O)O. The molecular formula is C13H15NO5. The number of hydrogen-bond acceptors (Lipinski definition) is 3. The van der Waals surface area contributed by atoms with Crippen molar-refractivity contribution in [1.82, 2.24) is 4.90 Å². The van der Waals surface area contributed by atoms with Crippen molar-refractivity contribution in [3.63, 3.8) is 0 Å². The van der Waals surface area contributed by atoms with Crippen molar-refractivity contribution in [3.8, 4) is 0 Å². The molecule has 2 N–H and O–H groups in total. The molecule has 1 aromatic carbocycles. The molecule has 0 bridgehead atoms. The normalized spacial score (nSPS) is 21.4. The highest BCUT2D eigenvalue weighted by Crippen LogP contribution is 2.36. The lowest BCUT2D eigenvalue weighted by atomic mass is 10.0. The number of benzene rings is 1. The molecule has 1 atom stereocenters. The number of carboxylic acid groups (broad SMARTS) is 2. The summed E-state index contributed by atoms with van der Waals surface area (Å²) in [7, 11) is 0. The van der Waals surface area contributed by atoms with E-state index in [1.54, 1.807) is 26.0 Å². The van der Waals surface area contributed by atoms with Gasteiger partial charge in [-0.15, -0.1) is 0 Å². The zero-order chi connectivity index (χ0) is 14.2. The van der Waals surface area contributed by atoms with Crippen molar-refractivity contribution < 1.29 is 24.5 Å². The van der Waals surface area contributed by atoms with Crippen LogP contribution in [0.3, 0.4) is 0 Å². The number of amides is 1. The van der Waals surface area contributed by atoms with Crippen LogP contribution in [-0.4, -0.2) is 39.5 Å². The van der Waals surface area contributed by atoms with Crippen LogP contribution in [0.4, 0.5) is 4.79 Å². The van der Waals surface area contributed by atoms with E-state index < -0.39 is 23.8 Å². The van der Waals surface area contributed by atoms with E-state index in [2.05, 4.69) is 0 Å². The number of rotatable bonds is 2. The third kappa shape index (κ3) is 2.39. The quantitative estimate of drug-likeness (QED) is 0.855. The second-order valence-corrected chi connectivity index (χ2v) is 4.85. The van der Waals surface area contributed by atoms with Gasteiger partial charge in [0.1, 0.15) is 5.72 Å². The summed E-state index contributed by atoms with van der Waals surface area (Å²) in [5.41, 5.74) is 0.00360. The molecule has 1 unspecified atom stereocenters. The molecule has 1 aliphatic rings. The molecule has 6 heteroatoms. The Bertz CT molecular complexity index is 508. The first kappa shape index (κ1) is 13.4. The van der Waals surface area contributed by atoms with Gasteiger partial charge < -0.3 is 14.9 Å². The zero-order valence-electron chi connectivity index (χ0n) is 10.7. The summed E-state index contributed by atoms with van der Waals surface area (Å²) in [4.78, 5) is 23.3. The van der Waals surface area contributed by atoms with Gasteiger partial charge in [0, 0.05) is 0 Å². The highest BCUT2D eigenvalue weighted by Gasteiger charge is 2.44. The van der Waals surface area contributed by atoms with Crippen LogP contribution < -0.4 is 0 Å². The topological polar surface area (TPSA) is 87.1 Å². The van der Waals surface area contributed by atoms with Crippen molar-refractivity contribution in [2.75, 3.05) is 6.61 Å². The first-order valence-corrected chi connectivity index (χ1v) is 5.82. The first-order valence-electron chi connectivity index (χ1n) is 5.82. The molecule has 1 aromatic rings. The van der Waals surface area contributed by atoms with Gasteiger partial charge in [-0.1, -0.05) is 12.1 Å². The van der Waals surface area contributed by atoms with E-state index >= 15 is 0 Å². The average Bonchev–Trinajstić information content (AvgIpc) is 2.65. The van der Waals surface area contributed by atoms with E-state index in [1.807, 2.05) is 0 Å². The summed E-state index contributed by atoms with van der Waals surface area (Å²) in [6, 6.07) is 5.74. The van der Waals surface area contributed by atoms with Crippen LogP contribution in [0.5, 0.6) is 0 Å². The summed E-state index contributed by atoms with van der Waals surface area (Å²) in [6.45, 7) is 3.63. The average molecular weight is 265 g/mol. The van der Waals surface area contributed by atoms with Crippen molar-refractivity contribution in [1.29, 1.82) is 0 Å². The number of nitrogens with zero attached hydrogens (tertiary/aromatic N) is 1. The molecule has 2 rings (SSSR count). The number of carboxylic acids is 1. The predicted octanol–water partition coefficient (Wildman–Crippen LogP) is 2.17. The summed E-state index contributed by atoms with van der Waals surface area (Å²) in [6.07, 6.45) is -1.06. The Morgan fingerprint density at radius 2 is 1.84 bits per heavy atom. The third-order valence-electron chi connectivity index (χ3n) is 3.23. The molecule has 1 heterocycles. The summed E-state index contributed by atoms with van der Waals surface area (Å²) >= 11 is 0. The van der Waals surface area contributed by atoms with E-state index in [1.165, 1.54) is 17.0 Å². The van der Waals surface area contributed by atoms with Gasteiger partial charge in [-0.25, -0.2) is 9.59 Å². The molecule has 0 saturated carbocycles. The van der Waals surface area contributed by atoms with E-state index in [4.69, 9.17) is 9.84 Å². The molecule has 1 saturated heterocycles. The lowest BCUT2D eigenvalue weighted by molar-refractivity contribution is -0.0420. The molecule has 102 valence electrons. The van der Waals surface area contributed by atoms with Gasteiger partial charge in [0.15, 0.2) is 0 Å². The van der Waals surface area contributed by atoms with Crippen LogP contribution >= 0.6 is 0 Å². The minimum atomic E-state index is -1.06. The van der Waals surface area contributed by atoms with E-state index in [0.717, 1.165) is 5.56 Å². The standard InChI is InChI=1S/C13H15NO5/c1-13(2)14(12(17)18)10(7-19-13)8-3-5-9(6-4-8)11(15)16/h3-6,10H,7H2,1-2H3,(H,15,16)(H,17,18).